The molecule has 3 aromatic rings. The summed E-state index contributed by atoms with van der Waals surface area (Å²) in [6, 6.07) is 18.5. The van der Waals surface area contributed by atoms with E-state index in [4.69, 9.17) is 4.74 Å². The van der Waals surface area contributed by atoms with Crippen molar-refractivity contribution < 1.29 is 14.6 Å². The molecule has 3 aromatic carbocycles. The van der Waals surface area contributed by atoms with Crippen molar-refractivity contribution in [3.8, 4) is 11.5 Å². The predicted molar refractivity (Wildman–Crippen MR) is 98.0 cm³/mol. The number of rotatable bonds is 5. The van der Waals surface area contributed by atoms with Crippen molar-refractivity contribution in [1.82, 2.24) is 5.43 Å². The number of phenolic OH excluding ortho intramolecular Hbond substituents is 1. The fraction of sp³-hybridized carbons (Fsp3) is 0.100. The van der Waals surface area contributed by atoms with Gasteiger partial charge in [-0.2, -0.15) is 5.10 Å². The zero-order valence-electron chi connectivity index (χ0n) is 13.8. The number of hydrazone groups is 1. The summed E-state index contributed by atoms with van der Waals surface area (Å²) in [4.78, 5) is 11.9. The summed E-state index contributed by atoms with van der Waals surface area (Å²) in [5.41, 5.74) is 3.92. The van der Waals surface area contributed by atoms with Gasteiger partial charge in [-0.05, 0) is 35.4 Å². The van der Waals surface area contributed by atoms with Crippen LogP contribution in [-0.4, -0.2) is 23.8 Å². The number of amides is 1. The van der Waals surface area contributed by atoms with E-state index in [1.54, 1.807) is 12.1 Å². The van der Waals surface area contributed by atoms with Gasteiger partial charge in [-0.25, -0.2) is 5.43 Å². The molecular weight excluding hydrogens is 316 g/mol. The Bertz CT molecular complexity index is 935. The highest BCUT2D eigenvalue weighted by Crippen LogP contribution is 2.25. The van der Waals surface area contributed by atoms with Crippen molar-refractivity contribution in [2.45, 2.75) is 6.92 Å². The van der Waals surface area contributed by atoms with Crippen molar-refractivity contribution in [1.29, 1.82) is 0 Å². The minimum Gasteiger partial charge on any atom is -0.507 e. The Kier molecular flexibility index (Phi) is 4.95. The minimum absolute atomic E-state index is 0.104. The van der Waals surface area contributed by atoms with Gasteiger partial charge in [0.05, 0.1) is 6.21 Å². The molecule has 3 rings (SSSR count). The molecule has 0 saturated heterocycles. The van der Waals surface area contributed by atoms with Gasteiger partial charge in [-0.3, -0.25) is 4.79 Å². The average Bonchev–Trinajstić information content (AvgIpc) is 2.63. The van der Waals surface area contributed by atoms with Gasteiger partial charge in [0, 0.05) is 5.56 Å². The van der Waals surface area contributed by atoms with E-state index < -0.39 is 0 Å². The largest absolute Gasteiger partial charge is 0.507 e. The number of carbonyl (C=O) groups is 1. The highest BCUT2D eigenvalue weighted by atomic mass is 16.5. The Balaban J connectivity index is 1.64. The van der Waals surface area contributed by atoms with Crippen molar-refractivity contribution in [2.75, 3.05) is 6.61 Å². The first kappa shape index (κ1) is 16.5. The molecule has 0 aromatic heterocycles. The number of aromatic hydroxyl groups is 1. The van der Waals surface area contributed by atoms with E-state index in [0.29, 0.717) is 11.3 Å². The second-order valence-corrected chi connectivity index (χ2v) is 5.57. The van der Waals surface area contributed by atoms with Crippen molar-refractivity contribution in [3.63, 3.8) is 0 Å². The molecule has 126 valence electrons. The molecule has 5 heteroatoms. The first-order valence-electron chi connectivity index (χ1n) is 7.86. The van der Waals surface area contributed by atoms with Crippen molar-refractivity contribution in [3.05, 3.63) is 71.8 Å². The number of hydrogen-bond donors (Lipinski definition) is 2. The Morgan fingerprint density at radius 1 is 1.12 bits per heavy atom. The third kappa shape index (κ3) is 3.95. The summed E-state index contributed by atoms with van der Waals surface area (Å²) < 4.78 is 5.46. The summed E-state index contributed by atoms with van der Waals surface area (Å²) in [7, 11) is 0. The topological polar surface area (TPSA) is 70.9 Å². The molecule has 25 heavy (non-hydrogen) atoms. The highest BCUT2D eigenvalue weighted by molar-refractivity contribution is 6.02. The van der Waals surface area contributed by atoms with E-state index in [0.717, 1.165) is 16.3 Å². The molecule has 0 aliphatic heterocycles. The van der Waals surface area contributed by atoms with Crippen LogP contribution in [0, 0.1) is 6.92 Å². The Morgan fingerprint density at radius 2 is 1.88 bits per heavy atom. The average molecular weight is 334 g/mol. The Labute approximate surface area is 145 Å². The van der Waals surface area contributed by atoms with Gasteiger partial charge in [0.2, 0.25) is 0 Å². The van der Waals surface area contributed by atoms with E-state index in [1.165, 1.54) is 6.21 Å². The molecule has 0 heterocycles. The summed E-state index contributed by atoms with van der Waals surface area (Å²) in [5.74, 6) is 0.389. The fourth-order valence-corrected chi connectivity index (χ4v) is 2.48. The molecule has 0 spiro atoms. The van der Waals surface area contributed by atoms with Gasteiger partial charge in [0.15, 0.2) is 6.61 Å². The number of carbonyl (C=O) groups excluding carboxylic acids is 1. The van der Waals surface area contributed by atoms with Crippen molar-refractivity contribution in [2.24, 2.45) is 5.10 Å². The lowest BCUT2D eigenvalue weighted by Crippen LogP contribution is -2.24. The lowest BCUT2D eigenvalue weighted by molar-refractivity contribution is -0.123. The number of ether oxygens (including phenoxy) is 1. The SMILES string of the molecule is Cc1ccccc1OCC(=O)NN=Cc1c(O)ccc2ccccc12. The number of nitrogens with one attached hydrogen (secondary N) is 1. The van der Waals surface area contributed by atoms with Crippen LogP contribution in [0.3, 0.4) is 0 Å². The maximum Gasteiger partial charge on any atom is 0.277 e. The van der Waals surface area contributed by atoms with Crippen LogP contribution in [-0.2, 0) is 4.79 Å². The zero-order valence-corrected chi connectivity index (χ0v) is 13.8. The summed E-state index contributed by atoms with van der Waals surface area (Å²) in [6.07, 6.45) is 1.43. The van der Waals surface area contributed by atoms with Crippen LogP contribution in [0.25, 0.3) is 10.8 Å². The standard InChI is InChI=1S/C20H18N2O3/c1-14-6-2-5-9-19(14)25-13-20(24)22-21-12-17-16-8-4-3-7-15(16)10-11-18(17)23/h2-12,23H,13H2,1H3,(H,22,24). The van der Waals surface area contributed by atoms with Crippen LogP contribution in [0.1, 0.15) is 11.1 Å². The monoisotopic (exact) mass is 334 g/mol. The third-order valence-corrected chi connectivity index (χ3v) is 3.78. The molecule has 2 N–H and O–H groups in total. The molecule has 0 fully saturated rings. The number of fused-ring (bicyclic) bond motifs is 1. The first-order valence-corrected chi connectivity index (χ1v) is 7.86. The second kappa shape index (κ2) is 7.49. The van der Waals surface area contributed by atoms with E-state index in [9.17, 15) is 9.90 Å². The Morgan fingerprint density at radius 3 is 2.72 bits per heavy atom. The smallest absolute Gasteiger partial charge is 0.277 e. The summed E-state index contributed by atoms with van der Waals surface area (Å²) in [5, 5.41) is 15.8. The van der Waals surface area contributed by atoms with Gasteiger partial charge >= 0.3 is 0 Å². The first-order chi connectivity index (χ1) is 12.1. The summed E-state index contributed by atoms with van der Waals surface area (Å²) >= 11 is 0. The van der Waals surface area contributed by atoms with Crippen LogP contribution in [0.4, 0.5) is 0 Å². The molecule has 1 amide bonds. The maximum atomic E-state index is 11.9. The molecule has 0 aliphatic carbocycles. The van der Waals surface area contributed by atoms with Crippen molar-refractivity contribution >= 4 is 22.9 Å². The van der Waals surface area contributed by atoms with Crippen LogP contribution in [0.2, 0.25) is 0 Å². The van der Waals surface area contributed by atoms with Gasteiger partial charge in [0.25, 0.3) is 5.91 Å². The molecule has 0 atom stereocenters. The fourth-order valence-electron chi connectivity index (χ4n) is 2.48. The number of nitrogens with zero attached hydrogens (tertiary/aromatic N) is 1. The molecule has 0 aliphatic rings. The van der Waals surface area contributed by atoms with Crippen LogP contribution < -0.4 is 10.2 Å². The van der Waals surface area contributed by atoms with Gasteiger partial charge in [-0.1, -0.05) is 48.5 Å². The lowest BCUT2D eigenvalue weighted by Gasteiger charge is -2.07. The maximum absolute atomic E-state index is 11.9. The number of aryl methyl sites for hydroxylation is 1. The van der Waals surface area contributed by atoms with E-state index in [-0.39, 0.29) is 18.3 Å². The number of para-hydroxylation sites is 1. The van der Waals surface area contributed by atoms with E-state index >= 15 is 0 Å². The van der Waals surface area contributed by atoms with Gasteiger partial charge in [-0.15, -0.1) is 0 Å². The highest BCUT2D eigenvalue weighted by Gasteiger charge is 2.06. The molecule has 0 unspecified atom stereocenters. The van der Waals surface area contributed by atoms with E-state index in [2.05, 4.69) is 10.5 Å². The van der Waals surface area contributed by atoms with Crippen LogP contribution >= 0.6 is 0 Å². The van der Waals surface area contributed by atoms with E-state index in [1.807, 2.05) is 55.5 Å². The lowest BCUT2D eigenvalue weighted by atomic mass is 10.0. The molecule has 5 nitrogen and oxygen atoms in total. The van der Waals surface area contributed by atoms with Crippen LogP contribution in [0.15, 0.2) is 65.8 Å². The molecular formula is C20H18N2O3. The van der Waals surface area contributed by atoms with Crippen LogP contribution in [0.5, 0.6) is 11.5 Å². The predicted octanol–water partition coefficient (Wildman–Crippen LogP) is 3.38. The molecule has 0 radical (unpaired) electrons. The minimum atomic E-state index is -0.376. The molecule has 0 bridgehead atoms. The zero-order chi connectivity index (χ0) is 17.6. The number of phenols is 1. The van der Waals surface area contributed by atoms with Gasteiger partial charge in [0.1, 0.15) is 11.5 Å². The number of benzene rings is 3. The Hall–Kier alpha value is -3.34. The quantitative estimate of drug-likeness (QED) is 0.555. The van der Waals surface area contributed by atoms with Gasteiger partial charge < -0.3 is 9.84 Å². The third-order valence-electron chi connectivity index (χ3n) is 3.78. The number of hydrogen-bond acceptors (Lipinski definition) is 4. The summed E-state index contributed by atoms with van der Waals surface area (Å²) in [6.45, 7) is 1.78. The normalized spacial score (nSPS) is 10.9. The molecule has 0 saturated carbocycles. The second-order valence-electron chi connectivity index (χ2n) is 5.57.